The van der Waals surface area contributed by atoms with E-state index in [1.807, 2.05) is 0 Å². The van der Waals surface area contributed by atoms with Crippen molar-refractivity contribution in [2.24, 2.45) is 4.99 Å². The Hall–Kier alpha value is -1.55. The first-order chi connectivity index (χ1) is 9.74. The highest BCUT2D eigenvalue weighted by atomic mass is 16.3. The molecule has 2 rings (SSSR count). The van der Waals surface area contributed by atoms with Crippen LogP contribution in [0.3, 0.4) is 0 Å². The predicted octanol–water partition coefficient (Wildman–Crippen LogP) is 1.78. The van der Waals surface area contributed by atoms with E-state index in [9.17, 15) is 5.11 Å². The topological polar surface area (TPSA) is 47.9 Å². The van der Waals surface area contributed by atoms with Crippen molar-refractivity contribution in [3.63, 3.8) is 0 Å². The quantitative estimate of drug-likeness (QED) is 0.650. The molecule has 0 amide bonds. The standard InChI is InChI=1S/C16H25N3O/c1-3-13-7-5-6-8-14(13)11-18-16(17-4-2)19-10-9-15(20)12-19/h5-8,15,20H,3-4,9-12H2,1-2H3,(H,17,18)/t15-/m1/s1. The molecule has 1 aromatic carbocycles. The molecule has 0 saturated carbocycles. The summed E-state index contributed by atoms with van der Waals surface area (Å²) in [5.41, 5.74) is 2.64. The van der Waals surface area contributed by atoms with Crippen molar-refractivity contribution in [2.75, 3.05) is 19.6 Å². The summed E-state index contributed by atoms with van der Waals surface area (Å²) in [7, 11) is 0. The Labute approximate surface area is 121 Å². The summed E-state index contributed by atoms with van der Waals surface area (Å²) in [5.74, 6) is 0.912. The Morgan fingerprint density at radius 3 is 2.70 bits per heavy atom. The van der Waals surface area contributed by atoms with E-state index >= 15 is 0 Å². The maximum atomic E-state index is 9.66. The van der Waals surface area contributed by atoms with Crippen molar-refractivity contribution in [3.05, 3.63) is 35.4 Å². The highest BCUT2D eigenvalue weighted by molar-refractivity contribution is 5.80. The van der Waals surface area contributed by atoms with Gasteiger partial charge in [0.1, 0.15) is 0 Å². The van der Waals surface area contributed by atoms with E-state index in [-0.39, 0.29) is 6.10 Å². The molecule has 2 N–H and O–H groups in total. The van der Waals surface area contributed by atoms with E-state index in [1.54, 1.807) is 0 Å². The maximum absolute atomic E-state index is 9.66. The molecule has 1 atom stereocenters. The van der Waals surface area contributed by atoms with Gasteiger partial charge in [0.05, 0.1) is 12.6 Å². The number of likely N-dealkylation sites (tertiary alicyclic amines) is 1. The van der Waals surface area contributed by atoms with Crippen LogP contribution in [0.15, 0.2) is 29.3 Å². The molecule has 4 nitrogen and oxygen atoms in total. The number of benzene rings is 1. The molecule has 1 saturated heterocycles. The second kappa shape index (κ2) is 7.29. The zero-order valence-electron chi connectivity index (χ0n) is 12.5. The fourth-order valence-corrected chi connectivity index (χ4v) is 2.58. The molecule has 1 aromatic rings. The van der Waals surface area contributed by atoms with E-state index in [0.29, 0.717) is 13.1 Å². The average Bonchev–Trinajstić information content (AvgIpc) is 2.90. The number of aliphatic hydroxyl groups is 1. The van der Waals surface area contributed by atoms with Gasteiger partial charge in [-0.2, -0.15) is 0 Å². The molecule has 0 unspecified atom stereocenters. The average molecular weight is 275 g/mol. The van der Waals surface area contributed by atoms with Crippen LogP contribution in [0.25, 0.3) is 0 Å². The van der Waals surface area contributed by atoms with Gasteiger partial charge in [-0.25, -0.2) is 4.99 Å². The largest absolute Gasteiger partial charge is 0.391 e. The summed E-state index contributed by atoms with van der Waals surface area (Å²) >= 11 is 0. The Morgan fingerprint density at radius 2 is 2.10 bits per heavy atom. The fourth-order valence-electron chi connectivity index (χ4n) is 2.58. The number of nitrogens with zero attached hydrogens (tertiary/aromatic N) is 2. The minimum absolute atomic E-state index is 0.221. The SMILES string of the molecule is CCNC(=NCc1ccccc1CC)N1CC[C@@H](O)C1. The van der Waals surface area contributed by atoms with Crippen molar-refractivity contribution in [1.82, 2.24) is 10.2 Å². The molecule has 0 aliphatic carbocycles. The van der Waals surface area contributed by atoms with Crippen LogP contribution >= 0.6 is 0 Å². The molecule has 20 heavy (non-hydrogen) atoms. The van der Waals surface area contributed by atoms with Gasteiger partial charge in [-0.3, -0.25) is 0 Å². The van der Waals surface area contributed by atoms with E-state index in [0.717, 1.165) is 31.9 Å². The van der Waals surface area contributed by atoms with E-state index < -0.39 is 0 Å². The normalized spacial score (nSPS) is 19.4. The van der Waals surface area contributed by atoms with Crippen LogP contribution in [-0.4, -0.2) is 41.7 Å². The molecule has 1 fully saturated rings. The summed E-state index contributed by atoms with van der Waals surface area (Å²) in [6, 6.07) is 8.45. The highest BCUT2D eigenvalue weighted by Crippen LogP contribution is 2.13. The van der Waals surface area contributed by atoms with Gasteiger partial charge in [0, 0.05) is 19.6 Å². The van der Waals surface area contributed by atoms with Gasteiger partial charge in [0.25, 0.3) is 0 Å². The van der Waals surface area contributed by atoms with Gasteiger partial charge in [-0.1, -0.05) is 31.2 Å². The molecule has 0 radical (unpaired) electrons. The number of nitrogens with one attached hydrogen (secondary N) is 1. The Kier molecular flexibility index (Phi) is 5.41. The van der Waals surface area contributed by atoms with Crippen LogP contribution in [0, 0.1) is 0 Å². The van der Waals surface area contributed by atoms with Gasteiger partial charge in [-0.15, -0.1) is 0 Å². The van der Waals surface area contributed by atoms with E-state index in [4.69, 9.17) is 4.99 Å². The molecule has 4 heteroatoms. The number of rotatable bonds is 4. The molecule has 110 valence electrons. The number of aryl methyl sites for hydroxylation is 1. The number of aliphatic imine (C=N–C) groups is 1. The second-order valence-electron chi connectivity index (χ2n) is 5.18. The Morgan fingerprint density at radius 1 is 1.35 bits per heavy atom. The van der Waals surface area contributed by atoms with Gasteiger partial charge in [0.2, 0.25) is 0 Å². The summed E-state index contributed by atoms with van der Waals surface area (Å²) < 4.78 is 0. The summed E-state index contributed by atoms with van der Waals surface area (Å²) in [6.45, 7) is 7.34. The summed E-state index contributed by atoms with van der Waals surface area (Å²) in [5, 5.41) is 13.0. The third kappa shape index (κ3) is 3.73. The van der Waals surface area contributed by atoms with Crippen molar-refractivity contribution in [3.8, 4) is 0 Å². The lowest BCUT2D eigenvalue weighted by atomic mass is 10.1. The molecule has 1 aliphatic rings. The third-order valence-electron chi connectivity index (χ3n) is 3.70. The lowest BCUT2D eigenvalue weighted by Gasteiger charge is -2.21. The highest BCUT2D eigenvalue weighted by Gasteiger charge is 2.22. The fraction of sp³-hybridized carbons (Fsp3) is 0.562. The number of hydrogen-bond donors (Lipinski definition) is 2. The first-order valence-electron chi connectivity index (χ1n) is 7.52. The third-order valence-corrected chi connectivity index (χ3v) is 3.70. The molecule has 1 aliphatic heterocycles. The zero-order chi connectivity index (χ0) is 14.4. The monoisotopic (exact) mass is 275 g/mol. The summed E-state index contributed by atoms with van der Waals surface area (Å²) in [6.07, 6.45) is 1.64. The minimum Gasteiger partial charge on any atom is -0.391 e. The number of β-amino-alcohol motifs (C(OH)–C–C–N with tert-alkyl or cyclic N) is 1. The van der Waals surface area contributed by atoms with Crippen LogP contribution < -0.4 is 5.32 Å². The van der Waals surface area contributed by atoms with Gasteiger partial charge < -0.3 is 15.3 Å². The maximum Gasteiger partial charge on any atom is 0.194 e. The van der Waals surface area contributed by atoms with Crippen LogP contribution in [0.5, 0.6) is 0 Å². The number of hydrogen-bond acceptors (Lipinski definition) is 2. The van der Waals surface area contributed by atoms with Crippen molar-refractivity contribution in [2.45, 2.75) is 39.3 Å². The number of guanidine groups is 1. The smallest absolute Gasteiger partial charge is 0.194 e. The van der Waals surface area contributed by atoms with Gasteiger partial charge >= 0.3 is 0 Å². The second-order valence-corrected chi connectivity index (χ2v) is 5.18. The molecule has 1 heterocycles. The van der Waals surface area contributed by atoms with Crippen molar-refractivity contribution >= 4 is 5.96 Å². The van der Waals surface area contributed by atoms with Crippen molar-refractivity contribution < 1.29 is 5.11 Å². The van der Waals surface area contributed by atoms with E-state index in [2.05, 4.69) is 48.3 Å². The molecular weight excluding hydrogens is 250 g/mol. The Balaban J connectivity index is 2.09. The number of aliphatic hydroxyl groups excluding tert-OH is 1. The molecule has 0 spiro atoms. The lowest BCUT2D eigenvalue weighted by molar-refractivity contribution is 0.188. The van der Waals surface area contributed by atoms with Crippen LogP contribution in [0.2, 0.25) is 0 Å². The molecular formula is C16H25N3O. The van der Waals surface area contributed by atoms with Crippen molar-refractivity contribution in [1.29, 1.82) is 0 Å². The van der Waals surface area contributed by atoms with Crippen LogP contribution in [0.1, 0.15) is 31.4 Å². The van der Waals surface area contributed by atoms with Gasteiger partial charge in [0.15, 0.2) is 5.96 Å². The van der Waals surface area contributed by atoms with Crippen LogP contribution in [-0.2, 0) is 13.0 Å². The molecule has 0 aromatic heterocycles. The zero-order valence-corrected chi connectivity index (χ0v) is 12.5. The first-order valence-corrected chi connectivity index (χ1v) is 7.52. The molecule has 0 bridgehead atoms. The van der Waals surface area contributed by atoms with Gasteiger partial charge in [-0.05, 0) is 30.9 Å². The van der Waals surface area contributed by atoms with E-state index in [1.165, 1.54) is 11.1 Å². The minimum atomic E-state index is -0.221. The first kappa shape index (κ1) is 14.9. The predicted molar refractivity (Wildman–Crippen MR) is 82.8 cm³/mol. The summed E-state index contributed by atoms with van der Waals surface area (Å²) in [4.78, 5) is 6.87. The van der Waals surface area contributed by atoms with Crippen LogP contribution in [0.4, 0.5) is 0 Å². The Bertz CT molecular complexity index is 459. The lowest BCUT2D eigenvalue weighted by Crippen LogP contribution is -2.40.